The predicted octanol–water partition coefficient (Wildman–Crippen LogP) is 3.21. The van der Waals surface area contributed by atoms with Crippen LogP contribution in [0, 0.1) is 10.1 Å². The summed E-state index contributed by atoms with van der Waals surface area (Å²) in [6, 6.07) is 10.3. The van der Waals surface area contributed by atoms with Crippen molar-refractivity contribution >= 4 is 23.1 Å². The average molecular weight is 358 g/mol. The Balaban J connectivity index is 2.10. The number of nitro groups is 1. The zero-order chi connectivity index (χ0) is 19.3. The van der Waals surface area contributed by atoms with E-state index in [1.165, 1.54) is 39.2 Å². The molecule has 2 aromatic rings. The molecule has 136 valence electrons. The minimum atomic E-state index is -0.873. The summed E-state index contributed by atoms with van der Waals surface area (Å²) in [6.07, 6.45) is -0.873. The molecule has 1 amide bonds. The number of methoxy groups -OCH3 is 1. The third kappa shape index (κ3) is 4.56. The molecule has 0 radical (unpaired) electrons. The second kappa shape index (κ2) is 8.11. The van der Waals surface area contributed by atoms with Crippen molar-refractivity contribution in [1.29, 1.82) is 0 Å². The standard InChI is InChI=1S/C18H18N2O6/c1-11(21)13-4-7-15(8-5-13)26-12(2)18(22)19-16-10-14(20(23)24)6-9-17(16)25-3/h4-10,12H,1-3H3,(H,19,22)/t12-/m0/s1. The first-order chi connectivity index (χ1) is 12.3. The van der Waals surface area contributed by atoms with Crippen LogP contribution in [0.25, 0.3) is 0 Å². The second-order valence-electron chi connectivity index (χ2n) is 5.47. The molecular formula is C18H18N2O6. The summed E-state index contributed by atoms with van der Waals surface area (Å²) in [5.41, 5.74) is 0.541. The smallest absolute Gasteiger partial charge is 0.271 e. The Morgan fingerprint density at radius 1 is 1.15 bits per heavy atom. The van der Waals surface area contributed by atoms with Gasteiger partial charge in [-0.25, -0.2) is 0 Å². The molecular weight excluding hydrogens is 340 g/mol. The van der Waals surface area contributed by atoms with E-state index in [1.54, 1.807) is 24.3 Å². The fourth-order valence-electron chi connectivity index (χ4n) is 2.17. The quantitative estimate of drug-likeness (QED) is 0.462. The largest absolute Gasteiger partial charge is 0.495 e. The van der Waals surface area contributed by atoms with Gasteiger partial charge in [-0.1, -0.05) is 0 Å². The molecule has 0 aliphatic rings. The number of benzene rings is 2. The first-order valence-corrected chi connectivity index (χ1v) is 7.72. The Morgan fingerprint density at radius 3 is 2.35 bits per heavy atom. The lowest BCUT2D eigenvalue weighted by molar-refractivity contribution is -0.384. The highest BCUT2D eigenvalue weighted by Gasteiger charge is 2.19. The molecule has 0 aromatic heterocycles. The van der Waals surface area contributed by atoms with E-state index in [-0.39, 0.29) is 17.2 Å². The lowest BCUT2D eigenvalue weighted by Gasteiger charge is -2.16. The summed E-state index contributed by atoms with van der Waals surface area (Å²) in [4.78, 5) is 33.9. The zero-order valence-electron chi connectivity index (χ0n) is 14.5. The van der Waals surface area contributed by atoms with E-state index in [0.29, 0.717) is 17.1 Å². The average Bonchev–Trinajstić information content (AvgIpc) is 2.61. The van der Waals surface area contributed by atoms with Crippen molar-refractivity contribution in [1.82, 2.24) is 0 Å². The molecule has 1 N–H and O–H groups in total. The number of amides is 1. The van der Waals surface area contributed by atoms with Gasteiger partial charge in [-0.15, -0.1) is 0 Å². The Bertz CT molecular complexity index is 832. The third-order valence-corrected chi connectivity index (χ3v) is 3.59. The SMILES string of the molecule is COc1ccc([N+](=O)[O-])cc1NC(=O)[C@H](C)Oc1ccc(C(C)=O)cc1. The van der Waals surface area contributed by atoms with Crippen molar-refractivity contribution in [2.24, 2.45) is 0 Å². The highest BCUT2D eigenvalue weighted by atomic mass is 16.6. The molecule has 2 rings (SSSR count). The van der Waals surface area contributed by atoms with Crippen LogP contribution in [0.5, 0.6) is 11.5 Å². The fourth-order valence-corrected chi connectivity index (χ4v) is 2.17. The molecule has 8 heteroatoms. The molecule has 0 heterocycles. The molecule has 0 unspecified atom stereocenters. The number of hydrogen-bond donors (Lipinski definition) is 1. The Labute approximate surface area is 149 Å². The van der Waals surface area contributed by atoms with Crippen LogP contribution < -0.4 is 14.8 Å². The monoisotopic (exact) mass is 358 g/mol. The van der Waals surface area contributed by atoms with Crippen LogP contribution in [0.2, 0.25) is 0 Å². The van der Waals surface area contributed by atoms with Crippen molar-refractivity contribution in [2.75, 3.05) is 12.4 Å². The lowest BCUT2D eigenvalue weighted by atomic mass is 10.1. The van der Waals surface area contributed by atoms with Gasteiger partial charge in [0.2, 0.25) is 0 Å². The molecule has 0 fully saturated rings. The Morgan fingerprint density at radius 2 is 1.81 bits per heavy atom. The fraction of sp³-hybridized carbons (Fsp3) is 0.222. The number of rotatable bonds is 7. The van der Waals surface area contributed by atoms with Crippen molar-refractivity contribution in [3.05, 3.63) is 58.1 Å². The third-order valence-electron chi connectivity index (χ3n) is 3.59. The van der Waals surface area contributed by atoms with Crippen molar-refractivity contribution in [3.63, 3.8) is 0 Å². The number of nitro benzene ring substituents is 1. The van der Waals surface area contributed by atoms with Gasteiger partial charge in [0.25, 0.3) is 11.6 Å². The first kappa shape index (κ1) is 18.9. The number of Topliss-reactive ketones (excluding diaryl/α,β-unsaturated/α-hetero) is 1. The van der Waals surface area contributed by atoms with Crippen LogP contribution in [-0.2, 0) is 4.79 Å². The Kier molecular flexibility index (Phi) is 5.90. The van der Waals surface area contributed by atoms with E-state index < -0.39 is 16.9 Å². The predicted molar refractivity (Wildman–Crippen MR) is 94.8 cm³/mol. The lowest BCUT2D eigenvalue weighted by Crippen LogP contribution is -2.30. The molecule has 0 aliphatic heterocycles. The van der Waals surface area contributed by atoms with Crippen LogP contribution >= 0.6 is 0 Å². The molecule has 0 saturated heterocycles. The maximum Gasteiger partial charge on any atom is 0.271 e. The number of carbonyl (C=O) groups excluding carboxylic acids is 2. The van der Waals surface area contributed by atoms with Gasteiger partial charge >= 0.3 is 0 Å². The van der Waals surface area contributed by atoms with E-state index >= 15 is 0 Å². The van der Waals surface area contributed by atoms with Crippen LogP contribution in [0.3, 0.4) is 0 Å². The second-order valence-corrected chi connectivity index (χ2v) is 5.47. The van der Waals surface area contributed by atoms with E-state index in [2.05, 4.69) is 5.32 Å². The van der Waals surface area contributed by atoms with E-state index in [0.717, 1.165) is 0 Å². The van der Waals surface area contributed by atoms with E-state index in [4.69, 9.17) is 9.47 Å². The van der Waals surface area contributed by atoms with Crippen LogP contribution in [0.15, 0.2) is 42.5 Å². The van der Waals surface area contributed by atoms with Crippen LogP contribution in [0.4, 0.5) is 11.4 Å². The summed E-state index contributed by atoms with van der Waals surface area (Å²) in [6.45, 7) is 3.00. The summed E-state index contributed by atoms with van der Waals surface area (Å²) < 4.78 is 10.6. The molecule has 8 nitrogen and oxygen atoms in total. The van der Waals surface area contributed by atoms with Gasteiger partial charge in [0, 0.05) is 17.7 Å². The zero-order valence-corrected chi connectivity index (χ0v) is 14.5. The van der Waals surface area contributed by atoms with Gasteiger partial charge in [-0.3, -0.25) is 19.7 Å². The minimum Gasteiger partial charge on any atom is -0.495 e. The number of ketones is 1. The molecule has 1 atom stereocenters. The van der Waals surface area contributed by atoms with Gasteiger partial charge in [0.1, 0.15) is 11.5 Å². The summed E-state index contributed by atoms with van der Waals surface area (Å²) in [5, 5.41) is 13.5. The molecule has 0 saturated carbocycles. The maximum absolute atomic E-state index is 12.3. The number of non-ortho nitro benzene ring substituents is 1. The molecule has 0 aliphatic carbocycles. The van der Waals surface area contributed by atoms with Crippen LogP contribution in [-0.4, -0.2) is 29.8 Å². The van der Waals surface area contributed by atoms with Crippen molar-refractivity contribution < 1.29 is 24.0 Å². The van der Waals surface area contributed by atoms with Gasteiger partial charge < -0.3 is 14.8 Å². The molecule has 2 aromatic carbocycles. The van der Waals surface area contributed by atoms with Crippen molar-refractivity contribution in [2.45, 2.75) is 20.0 Å². The topological polar surface area (TPSA) is 108 Å². The molecule has 26 heavy (non-hydrogen) atoms. The number of nitrogens with one attached hydrogen (secondary N) is 1. The molecule has 0 spiro atoms. The summed E-state index contributed by atoms with van der Waals surface area (Å²) in [5.74, 6) is 0.144. The number of carbonyl (C=O) groups is 2. The van der Waals surface area contributed by atoms with E-state index in [9.17, 15) is 19.7 Å². The number of anilines is 1. The number of ether oxygens (including phenoxy) is 2. The minimum absolute atomic E-state index is 0.0693. The van der Waals surface area contributed by atoms with E-state index in [1.807, 2.05) is 0 Å². The first-order valence-electron chi connectivity index (χ1n) is 7.72. The number of nitrogens with zero attached hydrogens (tertiary/aromatic N) is 1. The van der Waals surface area contributed by atoms with Gasteiger partial charge in [0.05, 0.1) is 17.7 Å². The summed E-state index contributed by atoms with van der Waals surface area (Å²) >= 11 is 0. The highest BCUT2D eigenvalue weighted by molar-refractivity contribution is 5.96. The highest BCUT2D eigenvalue weighted by Crippen LogP contribution is 2.29. The number of hydrogen-bond acceptors (Lipinski definition) is 6. The maximum atomic E-state index is 12.3. The normalized spacial score (nSPS) is 11.3. The van der Waals surface area contributed by atoms with Gasteiger partial charge in [0.15, 0.2) is 11.9 Å². The summed E-state index contributed by atoms with van der Waals surface area (Å²) in [7, 11) is 1.40. The van der Waals surface area contributed by atoms with Crippen LogP contribution in [0.1, 0.15) is 24.2 Å². The Hall–Kier alpha value is -3.42. The van der Waals surface area contributed by atoms with Gasteiger partial charge in [-0.2, -0.15) is 0 Å². The van der Waals surface area contributed by atoms with Gasteiger partial charge in [-0.05, 0) is 44.2 Å². The molecule has 0 bridgehead atoms. The van der Waals surface area contributed by atoms with Crippen molar-refractivity contribution in [3.8, 4) is 11.5 Å².